The molecule has 0 bridgehead atoms. The van der Waals surface area contributed by atoms with Gasteiger partial charge >= 0.3 is 0 Å². The average Bonchev–Trinajstić information content (AvgIpc) is 2.31. The molecule has 2 aromatic rings. The molecule has 0 spiro atoms. The third kappa shape index (κ3) is 1.88. The molecule has 15 heavy (non-hydrogen) atoms. The van der Waals surface area contributed by atoms with Gasteiger partial charge < -0.3 is 0 Å². The van der Waals surface area contributed by atoms with Gasteiger partial charge in [0.25, 0.3) is 0 Å². The van der Waals surface area contributed by atoms with E-state index in [4.69, 9.17) is 0 Å². The number of nitrogens with zero attached hydrogens (tertiary/aromatic N) is 2. The zero-order chi connectivity index (χ0) is 10.7. The number of pyridine rings is 2. The van der Waals surface area contributed by atoms with Gasteiger partial charge in [0, 0.05) is 18.0 Å². The number of aldehydes is 1. The molecule has 0 N–H and O–H groups in total. The molecule has 4 heteroatoms. The molecule has 2 rings (SSSR count). The van der Waals surface area contributed by atoms with E-state index in [9.17, 15) is 9.18 Å². The molecule has 0 atom stereocenters. The van der Waals surface area contributed by atoms with Crippen molar-refractivity contribution in [2.75, 3.05) is 0 Å². The van der Waals surface area contributed by atoms with Crippen LogP contribution in [0.1, 0.15) is 10.5 Å². The molecule has 0 unspecified atom stereocenters. The average molecular weight is 202 g/mol. The van der Waals surface area contributed by atoms with Gasteiger partial charge in [0.1, 0.15) is 17.2 Å². The van der Waals surface area contributed by atoms with E-state index in [1.54, 1.807) is 24.5 Å². The van der Waals surface area contributed by atoms with Crippen molar-refractivity contribution in [3.05, 3.63) is 48.2 Å². The van der Waals surface area contributed by atoms with Crippen LogP contribution in [-0.4, -0.2) is 16.3 Å². The Morgan fingerprint density at radius 1 is 1.13 bits per heavy atom. The van der Waals surface area contributed by atoms with Crippen molar-refractivity contribution in [2.24, 2.45) is 0 Å². The smallest absolute Gasteiger partial charge is 0.168 e. The molecule has 0 saturated carbocycles. The highest BCUT2D eigenvalue weighted by Gasteiger charge is 2.07. The van der Waals surface area contributed by atoms with E-state index in [0.717, 1.165) is 0 Å². The highest BCUT2D eigenvalue weighted by Crippen LogP contribution is 2.19. The Morgan fingerprint density at radius 3 is 2.53 bits per heavy atom. The first-order valence-electron chi connectivity index (χ1n) is 4.33. The molecule has 0 radical (unpaired) electrons. The highest BCUT2D eigenvalue weighted by molar-refractivity contribution is 5.73. The number of carbonyl (C=O) groups is 1. The molecule has 0 aliphatic rings. The van der Waals surface area contributed by atoms with E-state index in [0.29, 0.717) is 11.8 Å². The van der Waals surface area contributed by atoms with Gasteiger partial charge in [0.05, 0.1) is 0 Å². The Hall–Kier alpha value is -2.10. The van der Waals surface area contributed by atoms with Gasteiger partial charge in [-0.2, -0.15) is 0 Å². The third-order valence-electron chi connectivity index (χ3n) is 1.94. The summed E-state index contributed by atoms with van der Waals surface area (Å²) in [5.74, 6) is -0.452. The summed E-state index contributed by atoms with van der Waals surface area (Å²) in [7, 11) is 0. The standard InChI is InChI=1S/C11H7FN2O/c12-10-2-1-9(7-15)14-11(10)8-3-5-13-6-4-8/h1-7H. The second-order valence-electron chi connectivity index (χ2n) is 2.92. The summed E-state index contributed by atoms with van der Waals surface area (Å²) in [4.78, 5) is 18.2. The fraction of sp³-hybridized carbons (Fsp3) is 0. The first-order valence-corrected chi connectivity index (χ1v) is 4.33. The summed E-state index contributed by atoms with van der Waals surface area (Å²) in [6, 6.07) is 5.85. The highest BCUT2D eigenvalue weighted by atomic mass is 19.1. The molecule has 2 aromatic heterocycles. The van der Waals surface area contributed by atoms with Crippen LogP contribution >= 0.6 is 0 Å². The normalized spacial score (nSPS) is 9.93. The SMILES string of the molecule is O=Cc1ccc(F)c(-c2ccncc2)n1. The van der Waals surface area contributed by atoms with E-state index >= 15 is 0 Å². The Labute approximate surface area is 85.6 Å². The number of hydrogen-bond acceptors (Lipinski definition) is 3. The van der Waals surface area contributed by atoms with Crippen molar-refractivity contribution in [3.63, 3.8) is 0 Å². The summed E-state index contributed by atoms with van der Waals surface area (Å²) in [6.45, 7) is 0. The summed E-state index contributed by atoms with van der Waals surface area (Å²) in [5, 5.41) is 0. The van der Waals surface area contributed by atoms with Gasteiger partial charge in [-0.05, 0) is 24.3 Å². The molecule has 0 aliphatic carbocycles. The predicted molar refractivity (Wildman–Crippen MR) is 52.8 cm³/mol. The van der Waals surface area contributed by atoms with Gasteiger partial charge in [-0.25, -0.2) is 9.37 Å². The summed E-state index contributed by atoms with van der Waals surface area (Å²) in [5.41, 5.74) is 0.983. The maximum Gasteiger partial charge on any atom is 0.168 e. The van der Waals surface area contributed by atoms with Crippen molar-refractivity contribution < 1.29 is 9.18 Å². The van der Waals surface area contributed by atoms with Gasteiger partial charge in [0.15, 0.2) is 6.29 Å². The van der Waals surface area contributed by atoms with Gasteiger partial charge in [0.2, 0.25) is 0 Å². The molecule has 0 saturated heterocycles. The number of hydrogen-bond donors (Lipinski definition) is 0. The van der Waals surface area contributed by atoms with Crippen molar-refractivity contribution in [1.82, 2.24) is 9.97 Å². The van der Waals surface area contributed by atoms with Crippen molar-refractivity contribution in [2.45, 2.75) is 0 Å². The number of carbonyl (C=O) groups excluding carboxylic acids is 1. The van der Waals surface area contributed by atoms with Crippen LogP contribution < -0.4 is 0 Å². The maximum atomic E-state index is 13.4. The first kappa shape index (κ1) is 9.45. The van der Waals surface area contributed by atoms with Crippen LogP contribution in [0.15, 0.2) is 36.7 Å². The predicted octanol–water partition coefficient (Wildman–Crippen LogP) is 2.10. The number of aromatic nitrogens is 2. The van der Waals surface area contributed by atoms with E-state index in [-0.39, 0.29) is 11.4 Å². The zero-order valence-corrected chi connectivity index (χ0v) is 7.72. The Bertz CT molecular complexity index is 485. The third-order valence-corrected chi connectivity index (χ3v) is 1.94. The lowest BCUT2D eigenvalue weighted by molar-refractivity contribution is 0.111. The van der Waals surface area contributed by atoms with Crippen LogP contribution in [-0.2, 0) is 0 Å². The van der Waals surface area contributed by atoms with Crippen LogP contribution in [0, 0.1) is 5.82 Å². The quantitative estimate of drug-likeness (QED) is 0.700. The van der Waals surface area contributed by atoms with Crippen molar-refractivity contribution in [1.29, 1.82) is 0 Å². The molecule has 3 nitrogen and oxygen atoms in total. The fourth-order valence-corrected chi connectivity index (χ4v) is 1.24. The monoisotopic (exact) mass is 202 g/mol. The van der Waals surface area contributed by atoms with E-state index in [1.807, 2.05) is 0 Å². The number of halogens is 1. The molecule has 0 fully saturated rings. The second-order valence-corrected chi connectivity index (χ2v) is 2.92. The van der Waals surface area contributed by atoms with Gasteiger partial charge in [-0.15, -0.1) is 0 Å². The Kier molecular flexibility index (Phi) is 2.49. The molecule has 0 amide bonds. The van der Waals surface area contributed by atoms with E-state index in [2.05, 4.69) is 9.97 Å². The zero-order valence-electron chi connectivity index (χ0n) is 7.72. The fourth-order valence-electron chi connectivity index (χ4n) is 1.24. The van der Waals surface area contributed by atoms with Crippen LogP contribution in [0.2, 0.25) is 0 Å². The lowest BCUT2D eigenvalue weighted by Gasteiger charge is -2.02. The Morgan fingerprint density at radius 2 is 1.87 bits per heavy atom. The minimum Gasteiger partial charge on any atom is -0.296 e. The molecule has 0 aliphatic heterocycles. The summed E-state index contributed by atoms with van der Waals surface area (Å²) < 4.78 is 13.4. The molecule has 0 aromatic carbocycles. The molecule has 74 valence electrons. The van der Waals surface area contributed by atoms with Crippen LogP contribution in [0.25, 0.3) is 11.3 Å². The molecular formula is C11H7FN2O. The Balaban J connectivity index is 2.57. The lowest BCUT2D eigenvalue weighted by Crippen LogP contribution is -1.94. The van der Waals surface area contributed by atoms with E-state index < -0.39 is 5.82 Å². The summed E-state index contributed by atoms with van der Waals surface area (Å²) >= 11 is 0. The minimum absolute atomic E-state index is 0.169. The van der Waals surface area contributed by atoms with Crippen LogP contribution in [0.5, 0.6) is 0 Å². The lowest BCUT2D eigenvalue weighted by atomic mass is 10.1. The van der Waals surface area contributed by atoms with Gasteiger partial charge in [-0.3, -0.25) is 9.78 Å². The summed E-state index contributed by atoms with van der Waals surface area (Å²) in [6.07, 6.45) is 3.68. The van der Waals surface area contributed by atoms with Gasteiger partial charge in [-0.1, -0.05) is 0 Å². The van der Waals surface area contributed by atoms with Crippen LogP contribution in [0.3, 0.4) is 0 Å². The van der Waals surface area contributed by atoms with E-state index in [1.165, 1.54) is 12.1 Å². The maximum absolute atomic E-state index is 13.4. The van der Waals surface area contributed by atoms with Crippen molar-refractivity contribution >= 4 is 6.29 Å². The largest absolute Gasteiger partial charge is 0.296 e. The second kappa shape index (κ2) is 3.96. The van der Waals surface area contributed by atoms with Crippen molar-refractivity contribution in [3.8, 4) is 11.3 Å². The van der Waals surface area contributed by atoms with Crippen LogP contribution in [0.4, 0.5) is 4.39 Å². The molecular weight excluding hydrogens is 195 g/mol. The number of rotatable bonds is 2. The topological polar surface area (TPSA) is 42.9 Å². The minimum atomic E-state index is -0.452. The molecule has 2 heterocycles. The first-order chi connectivity index (χ1) is 7.31.